The number of carbonyl (C=O) groups excluding carboxylic acids is 1. The fraction of sp³-hybridized carbons (Fsp3) is 0.526. The van der Waals surface area contributed by atoms with Crippen LogP contribution in [-0.2, 0) is 6.54 Å². The molecule has 0 aromatic carbocycles. The zero-order valence-corrected chi connectivity index (χ0v) is 14.6. The highest BCUT2D eigenvalue weighted by Crippen LogP contribution is 2.41. The molecule has 2 aromatic heterocycles. The van der Waals surface area contributed by atoms with Crippen LogP contribution in [-0.4, -0.2) is 52.0 Å². The molecule has 6 nitrogen and oxygen atoms in total. The Morgan fingerprint density at radius 2 is 2.04 bits per heavy atom. The molecule has 2 aliphatic heterocycles. The van der Waals surface area contributed by atoms with Crippen molar-refractivity contribution in [3.05, 3.63) is 47.6 Å². The molecule has 4 heterocycles. The smallest absolute Gasteiger partial charge is 0.259 e. The van der Waals surface area contributed by atoms with Gasteiger partial charge in [-0.05, 0) is 49.8 Å². The van der Waals surface area contributed by atoms with Crippen LogP contribution in [0.4, 0.5) is 0 Å². The van der Waals surface area contributed by atoms with E-state index < -0.39 is 0 Å². The highest BCUT2D eigenvalue weighted by molar-refractivity contribution is 5.94. The molecule has 25 heavy (non-hydrogen) atoms. The van der Waals surface area contributed by atoms with Crippen molar-refractivity contribution >= 4 is 5.91 Å². The van der Waals surface area contributed by atoms with Crippen molar-refractivity contribution in [3.63, 3.8) is 0 Å². The van der Waals surface area contributed by atoms with E-state index in [4.69, 9.17) is 4.52 Å². The fourth-order valence-electron chi connectivity index (χ4n) is 4.18. The SMILES string of the molecule is Cc1oncc1C(=O)N1CCC2(CCN(Cc3cccnc3)C2)CC1. The summed E-state index contributed by atoms with van der Waals surface area (Å²) in [5.74, 6) is 0.660. The molecule has 0 saturated carbocycles. The van der Waals surface area contributed by atoms with E-state index in [-0.39, 0.29) is 5.91 Å². The third-order valence-corrected chi connectivity index (χ3v) is 5.74. The molecular formula is C19H24N4O2. The normalized spacial score (nSPS) is 20.3. The van der Waals surface area contributed by atoms with Crippen molar-refractivity contribution in [1.82, 2.24) is 19.9 Å². The third-order valence-electron chi connectivity index (χ3n) is 5.74. The average molecular weight is 340 g/mol. The van der Waals surface area contributed by atoms with Gasteiger partial charge in [-0.15, -0.1) is 0 Å². The molecule has 6 heteroatoms. The lowest BCUT2D eigenvalue weighted by atomic mass is 9.77. The minimum absolute atomic E-state index is 0.0545. The van der Waals surface area contributed by atoms with Crippen LogP contribution in [0.25, 0.3) is 0 Å². The molecule has 0 unspecified atom stereocenters. The van der Waals surface area contributed by atoms with Crippen LogP contribution < -0.4 is 0 Å². The Morgan fingerprint density at radius 1 is 1.24 bits per heavy atom. The average Bonchev–Trinajstić information content (AvgIpc) is 3.23. The van der Waals surface area contributed by atoms with E-state index in [0.717, 1.165) is 45.6 Å². The van der Waals surface area contributed by atoms with Crippen LogP contribution in [0.5, 0.6) is 0 Å². The Kier molecular flexibility index (Phi) is 4.29. The number of hydrogen-bond donors (Lipinski definition) is 0. The van der Waals surface area contributed by atoms with Crippen LogP contribution in [0.3, 0.4) is 0 Å². The van der Waals surface area contributed by atoms with E-state index in [1.165, 1.54) is 18.2 Å². The summed E-state index contributed by atoms with van der Waals surface area (Å²) >= 11 is 0. The standard InChI is InChI=1S/C19H24N4O2/c1-15-17(12-21-25-15)18(24)23-9-5-19(6-10-23)4-8-22(14-19)13-16-3-2-7-20-11-16/h2-3,7,11-12H,4-6,8-10,13-14H2,1H3. The molecule has 1 amide bonds. The van der Waals surface area contributed by atoms with E-state index in [9.17, 15) is 4.79 Å². The zero-order valence-electron chi connectivity index (χ0n) is 14.6. The second-order valence-corrected chi connectivity index (χ2v) is 7.41. The summed E-state index contributed by atoms with van der Waals surface area (Å²) in [6.45, 7) is 6.66. The third kappa shape index (κ3) is 3.31. The summed E-state index contributed by atoms with van der Waals surface area (Å²) in [6.07, 6.45) is 8.68. The van der Waals surface area contributed by atoms with Gasteiger partial charge in [0.2, 0.25) is 0 Å². The number of amides is 1. The summed E-state index contributed by atoms with van der Waals surface area (Å²) in [5, 5.41) is 3.72. The summed E-state index contributed by atoms with van der Waals surface area (Å²) in [6, 6.07) is 4.14. The van der Waals surface area contributed by atoms with E-state index in [1.807, 2.05) is 23.4 Å². The van der Waals surface area contributed by atoms with Crippen molar-refractivity contribution in [2.75, 3.05) is 26.2 Å². The molecule has 0 atom stereocenters. The Hall–Kier alpha value is -2.21. The van der Waals surface area contributed by atoms with Gasteiger partial charge in [0.05, 0.1) is 6.20 Å². The molecule has 2 aromatic rings. The molecule has 2 fully saturated rings. The number of aryl methyl sites for hydroxylation is 1. The van der Waals surface area contributed by atoms with Crippen molar-refractivity contribution in [2.45, 2.75) is 32.7 Å². The number of carbonyl (C=O) groups is 1. The summed E-state index contributed by atoms with van der Waals surface area (Å²) < 4.78 is 5.03. The van der Waals surface area contributed by atoms with Gasteiger partial charge in [0.1, 0.15) is 11.3 Å². The first-order chi connectivity index (χ1) is 12.2. The van der Waals surface area contributed by atoms with E-state index in [1.54, 1.807) is 6.92 Å². The van der Waals surface area contributed by atoms with Gasteiger partial charge in [0, 0.05) is 38.6 Å². The van der Waals surface area contributed by atoms with Gasteiger partial charge in [-0.25, -0.2) is 0 Å². The van der Waals surface area contributed by atoms with Crippen LogP contribution in [0.1, 0.15) is 40.9 Å². The molecule has 2 aliphatic rings. The molecule has 132 valence electrons. The van der Waals surface area contributed by atoms with Crippen molar-refractivity contribution in [3.8, 4) is 0 Å². The summed E-state index contributed by atoms with van der Waals surface area (Å²) in [5.41, 5.74) is 2.23. The predicted octanol–water partition coefficient (Wildman–Crippen LogP) is 2.51. The van der Waals surface area contributed by atoms with Gasteiger partial charge < -0.3 is 9.42 Å². The van der Waals surface area contributed by atoms with Gasteiger partial charge in [-0.2, -0.15) is 0 Å². The maximum Gasteiger partial charge on any atom is 0.259 e. The van der Waals surface area contributed by atoms with Gasteiger partial charge in [-0.3, -0.25) is 14.7 Å². The van der Waals surface area contributed by atoms with Gasteiger partial charge >= 0.3 is 0 Å². The number of hydrogen-bond acceptors (Lipinski definition) is 5. The number of likely N-dealkylation sites (tertiary alicyclic amines) is 2. The monoisotopic (exact) mass is 340 g/mol. The van der Waals surface area contributed by atoms with E-state index in [0.29, 0.717) is 16.7 Å². The van der Waals surface area contributed by atoms with Gasteiger partial charge in [0.25, 0.3) is 5.91 Å². The Bertz CT molecular complexity index is 735. The molecule has 0 aliphatic carbocycles. The molecule has 2 saturated heterocycles. The number of aromatic nitrogens is 2. The largest absolute Gasteiger partial charge is 0.361 e. The number of rotatable bonds is 3. The second-order valence-electron chi connectivity index (χ2n) is 7.41. The molecule has 0 radical (unpaired) electrons. The predicted molar refractivity (Wildman–Crippen MR) is 92.9 cm³/mol. The van der Waals surface area contributed by atoms with Gasteiger partial charge in [0.15, 0.2) is 0 Å². The number of piperidine rings is 1. The van der Waals surface area contributed by atoms with Crippen molar-refractivity contribution in [1.29, 1.82) is 0 Å². The lowest BCUT2D eigenvalue weighted by Gasteiger charge is -2.39. The Morgan fingerprint density at radius 3 is 2.72 bits per heavy atom. The Balaban J connectivity index is 1.34. The highest BCUT2D eigenvalue weighted by atomic mass is 16.5. The summed E-state index contributed by atoms with van der Waals surface area (Å²) in [7, 11) is 0. The first-order valence-electron chi connectivity index (χ1n) is 8.97. The summed E-state index contributed by atoms with van der Waals surface area (Å²) in [4.78, 5) is 21.3. The minimum Gasteiger partial charge on any atom is -0.361 e. The van der Waals surface area contributed by atoms with Gasteiger partial charge in [-0.1, -0.05) is 11.2 Å². The molecule has 4 rings (SSSR count). The number of pyridine rings is 1. The molecular weight excluding hydrogens is 316 g/mol. The maximum absolute atomic E-state index is 12.6. The first-order valence-corrected chi connectivity index (χ1v) is 8.97. The van der Waals surface area contributed by atoms with E-state index >= 15 is 0 Å². The maximum atomic E-state index is 12.6. The Labute approximate surface area is 147 Å². The fourth-order valence-corrected chi connectivity index (χ4v) is 4.18. The quantitative estimate of drug-likeness (QED) is 0.859. The lowest BCUT2D eigenvalue weighted by Crippen LogP contribution is -2.44. The van der Waals surface area contributed by atoms with Crippen molar-refractivity contribution in [2.24, 2.45) is 5.41 Å². The molecule has 1 spiro atoms. The second kappa shape index (κ2) is 6.59. The zero-order chi connectivity index (χ0) is 17.3. The first kappa shape index (κ1) is 16.3. The van der Waals surface area contributed by atoms with Crippen molar-refractivity contribution < 1.29 is 9.32 Å². The minimum atomic E-state index is 0.0545. The highest BCUT2D eigenvalue weighted by Gasteiger charge is 2.41. The van der Waals surface area contributed by atoms with Crippen LogP contribution >= 0.6 is 0 Å². The lowest BCUT2D eigenvalue weighted by molar-refractivity contribution is 0.0586. The van der Waals surface area contributed by atoms with Crippen LogP contribution in [0, 0.1) is 12.3 Å². The molecule has 0 N–H and O–H groups in total. The van der Waals surface area contributed by atoms with E-state index in [2.05, 4.69) is 21.1 Å². The molecule has 0 bridgehead atoms. The number of nitrogens with zero attached hydrogens (tertiary/aromatic N) is 4. The van der Waals surface area contributed by atoms with Crippen LogP contribution in [0.15, 0.2) is 35.2 Å². The van der Waals surface area contributed by atoms with Crippen LogP contribution in [0.2, 0.25) is 0 Å². The topological polar surface area (TPSA) is 62.5 Å².